The molecule has 1 aromatic carbocycles. The van der Waals surface area contributed by atoms with Crippen LogP contribution in [0.25, 0.3) is 0 Å². The minimum atomic E-state index is -0.570. The van der Waals surface area contributed by atoms with Crippen molar-refractivity contribution in [2.45, 2.75) is 37.3 Å². The zero-order valence-corrected chi connectivity index (χ0v) is 12.0. The maximum Gasteiger partial charge on any atom is 0.0810 e. The molecule has 0 amide bonds. The fourth-order valence-electron chi connectivity index (χ4n) is 2.50. The standard InChI is InChI=1S/C14H22N2OS/c1-3-18-13-6-4-5-12(11(13)9-15)16-8-7-14(2,17)10-16/h4-6,17H,3,7-10,15H2,1-2H3. The SMILES string of the molecule is CCSc1cccc(N2CCC(C)(O)C2)c1CN. The van der Waals surface area contributed by atoms with Crippen LogP contribution in [0.15, 0.2) is 23.1 Å². The number of aliphatic hydroxyl groups is 1. The van der Waals surface area contributed by atoms with Crippen LogP contribution in [0.5, 0.6) is 0 Å². The van der Waals surface area contributed by atoms with E-state index in [4.69, 9.17) is 5.73 Å². The minimum Gasteiger partial charge on any atom is -0.388 e. The van der Waals surface area contributed by atoms with Crippen molar-refractivity contribution >= 4 is 17.4 Å². The van der Waals surface area contributed by atoms with E-state index in [-0.39, 0.29) is 0 Å². The molecule has 100 valence electrons. The fraction of sp³-hybridized carbons (Fsp3) is 0.571. The molecule has 1 fully saturated rings. The van der Waals surface area contributed by atoms with Gasteiger partial charge >= 0.3 is 0 Å². The Hall–Kier alpha value is -0.710. The monoisotopic (exact) mass is 266 g/mol. The number of rotatable bonds is 4. The number of benzene rings is 1. The van der Waals surface area contributed by atoms with Crippen molar-refractivity contribution in [2.75, 3.05) is 23.7 Å². The Morgan fingerprint density at radius 1 is 1.50 bits per heavy atom. The molecule has 0 radical (unpaired) electrons. The van der Waals surface area contributed by atoms with Gasteiger partial charge in [0.25, 0.3) is 0 Å². The fourth-order valence-corrected chi connectivity index (χ4v) is 3.34. The van der Waals surface area contributed by atoms with E-state index in [0.29, 0.717) is 13.1 Å². The summed E-state index contributed by atoms with van der Waals surface area (Å²) in [6.45, 7) is 6.20. The van der Waals surface area contributed by atoms with Crippen molar-refractivity contribution in [3.05, 3.63) is 23.8 Å². The highest BCUT2D eigenvalue weighted by molar-refractivity contribution is 7.99. The van der Waals surface area contributed by atoms with E-state index in [9.17, 15) is 5.11 Å². The van der Waals surface area contributed by atoms with Gasteiger partial charge in [0.1, 0.15) is 0 Å². The molecule has 1 saturated heterocycles. The van der Waals surface area contributed by atoms with Gasteiger partial charge in [0.2, 0.25) is 0 Å². The van der Waals surface area contributed by atoms with Gasteiger partial charge in [0, 0.05) is 35.8 Å². The Balaban J connectivity index is 2.30. The maximum atomic E-state index is 10.1. The van der Waals surface area contributed by atoms with E-state index in [1.165, 1.54) is 16.1 Å². The van der Waals surface area contributed by atoms with Crippen molar-refractivity contribution in [3.63, 3.8) is 0 Å². The van der Waals surface area contributed by atoms with E-state index in [0.717, 1.165) is 18.7 Å². The molecule has 1 atom stereocenters. The number of anilines is 1. The number of hydrogen-bond donors (Lipinski definition) is 2. The Kier molecular flexibility index (Phi) is 4.20. The van der Waals surface area contributed by atoms with Crippen LogP contribution >= 0.6 is 11.8 Å². The first kappa shape index (κ1) is 13.7. The van der Waals surface area contributed by atoms with E-state index >= 15 is 0 Å². The lowest BCUT2D eigenvalue weighted by Gasteiger charge is -2.24. The third-order valence-electron chi connectivity index (χ3n) is 3.40. The molecule has 1 aliphatic heterocycles. The lowest BCUT2D eigenvalue weighted by atomic mass is 10.1. The molecule has 0 saturated carbocycles. The molecule has 2 rings (SSSR count). The van der Waals surface area contributed by atoms with Gasteiger partial charge in [-0.05, 0) is 31.2 Å². The second kappa shape index (κ2) is 5.51. The van der Waals surface area contributed by atoms with Gasteiger partial charge in [-0.15, -0.1) is 11.8 Å². The van der Waals surface area contributed by atoms with Gasteiger partial charge in [-0.1, -0.05) is 13.0 Å². The summed E-state index contributed by atoms with van der Waals surface area (Å²) < 4.78 is 0. The quantitative estimate of drug-likeness (QED) is 0.821. The van der Waals surface area contributed by atoms with Crippen LogP contribution in [0.4, 0.5) is 5.69 Å². The molecular formula is C14H22N2OS. The highest BCUT2D eigenvalue weighted by atomic mass is 32.2. The molecular weight excluding hydrogens is 244 g/mol. The number of nitrogens with zero attached hydrogens (tertiary/aromatic N) is 1. The van der Waals surface area contributed by atoms with Gasteiger partial charge in [0.15, 0.2) is 0 Å². The van der Waals surface area contributed by atoms with Crippen molar-refractivity contribution in [1.82, 2.24) is 0 Å². The van der Waals surface area contributed by atoms with Gasteiger partial charge in [0.05, 0.1) is 5.60 Å². The lowest BCUT2D eigenvalue weighted by Crippen LogP contribution is -2.30. The molecule has 1 aromatic rings. The molecule has 1 aliphatic rings. The van der Waals surface area contributed by atoms with Crippen LogP contribution in [0, 0.1) is 0 Å². The minimum absolute atomic E-state index is 0.553. The summed E-state index contributed by atoms with van der Waals surface area (Å²) in [6.07, 6.45) is 0.822. The van der Waals surface area contributed by atoms with E-state index < -0.39 is 5.60 Å². The van der Waals surface area contributed by atoms with Gasteiger partial charge < -0.3 is 15.7 Å². The van der Waals surface area contributed by atoms with E-state index in [1.807, 2.05) is 18.7 Å². The highest BCUT2D eigenvalue weighted by Gasteiger charge is 2.32. The first-order valence-electron chi connectivity index (χ1n) is 6.49. The Bertz CT molecular complexity index is 420. The van der Waals surface area contributed by atoms with Crippen LogP contribution in [0.3, 0.4) is 0 Å². The predicted octanol–water partition coefficient (Wildman–Crippen LogP) is 2.22. The van der Waals surface area contributed by atoms with Crippen LogP contribution in [0.1, 0.15) is 25.8 Å². The van der Waals surface area contributed by atoms with E-state index in [2.05, 4.69) is 30.0 Å². The summed E-state index contributed by atoms with van der Waals surface area (Å²) in [4.78, 5) is 3.52. The lowest BCUT2D eigenvalue weighted by molar-refractivity contribution is 0.0839. The van der Waals surface area contributed by atoms with Crippen LogP contribution < -0.4 is 10.6 Å². The second-order valence-electron chi connectivity index (χ2n) is 5.06. The van der Waals surface area contributed by atoms with Crippen molar-refractivity contribution in [2.24, 2.45) is 5.73 Å². The van der Waals surface area contributed by atoms with Gasteiger partial charge in [-0.2, -0.15) is 0 Å². The normalized spacial score (nSPS) is 23.7. The highest BCUT2D eigenvalue weighted by Crippen LogP contribution is 2.34. The maximum absolute atomic E-state index is 10.1. The zero-order chi connectivity index (χ0) is 13.2. The summed E-state index contributed by atoms with van der Waals surface area (Å²) in [6, 6.07) is 6.33. The molecule has 3 nitrogen and oxygen atoms in total. The summed E-state index contributed by atoms with van der Waals surface area (Å²) in [7, 11) is 0. The number of hydrogen-bond acceptors (Lipinski definition) is 4. The van der Waals surface area contributed by atoms with Crippen molar-refractivity contribution < 1.29 is 5.11 Å². The van der Waals surface area contributed by atoms with Crippen molar-refractivity contribution in [3.8, 4) is 0 Å². The van der Waals surface area contributed by atoms with E-state index in [1.54, 1.807) is 0 Å². The molecule has 1 heterocycles. The molecule has 0 bridgehead atoms. The molecule has 0 aromatic heterocycles. The first-order valence-corrected chi connectivity index (χ1v) is 7.48. The summed E-state index contributed by atoms with van der Waals surface area (Å²) in [5, 5.41) is 10.1. The molecule has 3 N–H and O–H groups in total. The predicted molar refractivity (Wildman–Crippen MR) is 78.2 cm³/mol. The van der Waals surface area contributed by atoms with Gasteiger partial charge in [-0.3, -0.25) is 0 Å². The summed E-state index contributed by atoms with van der Waals surface area (Å²) in [5.74, 6) is 1.05. The Labute approximate surface area is 113 Å². The number of nitrogens with two attached hydrogens (primary N) is 1. The summed E-state index contributed by atoms with van der Waals surface area (Å²) >= 11 is 1.83. The molecule has 1 unspecified atom stereocenters. The Morgan fingerprint density at radius 2 is 2.28 bits per heavy atom. The van der Waals surface area contributed by atoms with Gasteiger partial charge in [-0.25, -0.2) is 0 Å². The van der Waals surface area contributed by atoms with Crippen molar-refractivity contribution in [1.29, 1.82) is 0 Å². The van der Waals surface area contributed by atoms with Crippen LogP contribution in [-0.2, 0) is 6.54 Å². The largest absolute Gasteiger partial charge is 0.388 e. The average Bonchev–Trinajstić information content (AvgIpc) is 2.70. The zero-order valence-electron chi connectivity index (χ0n) is 11.1. The molecule has 18 heavy (non-hydrogen) atoms. The number of β-amino-alcohol motifs (C(OH)–C–C–N with tert-alkyl or cyclic N) is 1. The average molecular weight is 266 g/mol. The third-order valence-corrected chi connectivity index (χ3v) is 4.39. The molecule has 0 spiro atoms. The van der Waals surface area contributed by atoms with Crippen LogP contribution in [0.2, 0.25) is 0 Å². The van der Waals surface area contributed by atoms with Crippen LogP contribution in [-0.4, -0.2) is 29.5 Å². The molecule has 0 aliphatic carbocycles. The topological polar surface area (TPSA) is 49.5 Å². The Morgan fingerprint density at radius 3 is 2.83 bits per heavy atom. The molecule has 4 heteroatoms. The first-order chi connectivity index (χ1) is 8.57. The number of thioether (sulfide) groups is 1. The smallest absolute Gasteiger partial charge is 0.0810 e. The third kappa shape index (κ3) is 2.82. The summed E-state index contributed by atoms with van der Waals surface area (Å²) in [5.41, 5.74) is 7.74. The second-order valence-corrected chi connectivity index (χ2v) is 6.37.